The zero-order chi connectivity index (χ0) is 16.0. The van der Waals surface area contributed by atoms with Crippen molar-refractivity contribution in [3.05, 3.63) is 63.3 Å². The van der Waals surface area contributed by atoms with E-state index >= 15 is 0 Å². The van der Waals surface area contributed by atoms with Crippen molar-refractivity contribution in [3.8, 4) is 5.75 Å². The van der Waals surface area contributed by atoms with Gasteiger partial charge in [-0.2, -0.15) is 0 Å². The number of aromatic amines is 1. The Morgan fingerprint density at radius 2 is 2.00 bits per heavy atom. The lowest BCUT2D eigenvalue weighted by Crippen LogP contribution is -2.30. The Bertz CT molecular complexity index is 888. The lowest BCUT2D eigenvalue weighted by molar-refractivity contribution is 0.415. The summed E-state index contributed by atoms with van der Waals surface area (Å²) in [5.74, 6) is 0.874. The van der Waals surface area contributed by atoms with Gasteiger partial charge in [0, 0.05) is 33.2 Å². The number of ether oxygens (including phenoxy) is 1. The van der Waals surface area contributed by atoms with Gasteiger partial charge in [-0.25, -0.2) is 0 Å². The summed E-state index contributed by atoms with van der Waals surface area (Å²) in [5.41, 5.74) is 4.66. The van der Waals surface area contributed by atoms with Crippen LogP contribution in [0.1, 0.15) is 22.9 Å². The van der Waals surface area contributed by atoms with Crippen LogP contribution in [0.25, 0.3) is 10.9 Å². The van der Waals surface area contributed by atoms with Gasteiger partial charge in [-0.3, -0.25) is 0 Å². The van der Waals surface area contributed by atoms with Gasteiger partial charge in [-0.1, -0.05) is 29.3 Å². The molecule has 1 unspecified atom stereocenters. The number of H-pyrrole nitrogens is 1. The van der Waals surface area contributed by atoms with Crippen LogP contribution in [0, 0.1) is 0 Å². The highest BCUT2D eigenvalue weighted by molar-refractivity contribution is 6.35. The second kappa shape index (κ2) is 5.75. The fourth-order valence-corrected chi connectivity index (χ4v) is 3.85. The lowest BCUT2D eigenvalue weighted by atomic mass is 9.94. The number of benzene rings is 2. The number of methoxy groups -OCH3 is 1. The molecule has 0 spiro atoms. The Labute approximate surface area is 144 Å². The first-order valence-corrected chi connectivity index (χ1v) is 8.30. The predicted octanol–water partition coefficient (Wildman–Crippen LogP) is 4.72. The molecule has 0 radical (unpaired) electrons. The van der Waals surface area contributed by atoms with Crippen LogP contribution in [0.15, 0.2) is 36.4 Å². The number of aromatic nitrogens is 1. The largest absolute Gasteiger partial charge is 0.497 e. The lowest BCUT2D eigenvalue weighted by Gasteiger charge is -2.25. The summed E-state index contributed by atoms with van der Waals surface area (Å²) < 4.78 is 5.36. The van der Waals surface area contributed by atoms with E-state index in [2.05, 4.69) is 22.4 Å². The molecule has 118 valence electrons. The van der Waals surface area contributed by atoms with Gasteiger partial charge in [0.15, 0.2) is 0 Å². The Hall–Kier alpha value is -1.68. The molecule has 5 heteroatoms. The predicted molar refractivity (Wildman–Crippen MR) is 94.9 cm³/mol. The molecule has 0 amide bonds. The molecule has 0 bridgehead atoms. The zero-order valence-corrected chi connectivity index (χ0v) is 14.1. The molecule has 23 heavy (non-hydrogen) atoms. The smallest absolute Gasteiger partial charge is 0.119 e. The van der Waals surface area contributed by atoms with Crippen LogP contribution in [-0.2, 0) is 6.42 Å². The van der Waals surface area contributed by atoms with Gasteiger partial charge in [0.05, 0.1) is 13.2 Å². The number of rotatable bonds is 2. The van der Waals surface area contributed by atoms with E-state index in [9.17, 15) is 0 Å². The minimum absolute atomic E-state index is 0.0434. The summed E-state index contributed by atoms with van der Waals surface area (Å²) in [4.78, 5) is 3.55. The Balaban J connectivity index is 1.88. The van der Waals surface area contributed by atoms with Gasteiger partial charge >= 0.3 is 0 Å². The van der Waals surface area contributed by atoms with Crippen LogP contribution >= 0.6 is 23.2 Å². The van der Waals surface area contributed by atoms with Crippen LogP contribution in [0.5, 0.6) is 5.75 Å². The van der Waals surface area contributed by atoms with E-state index in [4.69, 9.17) is 27.9 Å². The molecule has 0 saturated carbocycles. The van der Waals surface area contributed by atoms with E-state index in [1.165, 1.54) is 16.6 Å². The van der Waals surface area contributed by atoms with Gasteiger partial charge in [0.2, 0.25) is 0 Å². The Kier molecular flexibility index (Phi) is 3.72. The fraction of sp³-hybridized carbons (Fsp3) is 0.222. The fourth-order valence-electron chi connectivity index (χ4n) is 3.34. The molecule has 3 nitrogen and oxygen atoms in total. The Morgan fingerprint density at radius 3 is 2.78 bits per heavy atom. The SMILES string of the molecule is COc1ccc2[nH]c3c(c2c1)CCNC3c1ccc(Cl)cc1Cl. The standard InChI is InChI=1S/C18H16Cl2N2O/c1-23-11-3-5-16-14(9-11)12-6-7-21-17(18(12)22-16)13-4-2-10(19)8-15(13)20/h2-5,8-9,17,21-22H,6-7H2,1H3. The summed E-state index contributed by atoms with van der Waals surface area (Å²) in [5, 5.41) is 6.10. The molecular formula is C18H16Cl2N2O. The molecule has 1 atom stereocenters. The summed E-state index contributed by atoms with van der Waals surface area (Å²) in [6.07, 6.45) is 0.976. The number of nitrogens with one attached hydrogen (secondary N) is 2. The van der Waals surface area contributed by atoms with Gasteiger partial charge in [0.25, 0.3) is 0 Å². The highest BCUT2D eigenvalue weighted by atomic mass is 35.5. The molecule has 2 heterocycles. The maximum Gasteiger partial charge on any atom is 0.119 e. The van der Waals surface area contributed by atoms with Crippen LogP contribution in [0.3, 0.4) is 0 Å². The normalized spacial score (nSPS) is 17.3. The second-order valence-corrected chi connectivity index (χ2v) is 6.58. The van der Waals surface area contributed by atoms with Crippen LogP contribution < -0.4 is 10.1 Å². The number of hydrogen-bond acceptors (Lipinski definition) is 2. The second-order valence-electron chi connectivity index (χ2n) is 5.73. The summed E-state index contributed by atoms with van der Waals surface area (Å²) in [7, 11) is 1.69. The molecule has 3 aromatic rings. The topological polar surface area (TPSA) is 37.0 Å². The quantitative estimate of drug-likeness (QED) is 0.704. The van der Waals surface area contributed by atoms with Crippen LogP contribution in [0.4, 0.5) is 0 Å². The molecule has 0 aliphatic carbocycles. The van der Waals surface area contributed by atoms with Crippen molar-refractivity contribution in [1.29, 1.82) is 0 Å². The minimum Gasteiger partial charge on any atom is -0.497 e. The van der Waals surface area contributed by atoms with E-state index in [-0.39, 0.29) is 6.04 Å². The number of fused-ring (bicyclic) bond motifs is 3. The molecule has 1 aromatic heterocycles. The highest BCUT2D eigenvalue weighted by Gasteiger charge is 2.26. The van der Waals surface area contributed by atoms with E-state index in [1.807, 2.05) is 18.2 Å². The maximum absolute atomic E-state index is 6.42. The molecule has 2 N–H and O–H groups in total. The minimum atomic E-state index is 0.0434. The molecule has 1 aliphatic rings. The third-order valence-corrected chi connectivity index (χ3v) is 4.99. The first kappa shape index (κ1) is 14.9. The first-order chi connectivity index (χ1) is 11.2. The van der Waals surface area contributed by atoms with Crippen molar-refractivity contribution in [1.82, 2.24) is 10.3 Å². The highest BCUT2D eigenvalue weighted by Crippen LogP contribution is 2.37. The average molecular weight is 347 g/mol. The van der Waals surface area contributed by atoms with E-state index in [0.717, 1.165) is 29.8 Å². The summed E-state index contributed by atoms with van der Waals surface area (Å²) >= 11 is 12.4. The monoisotopic (exact) mass is 346 g/mol. The van der Waals surface area contributed by atoms with Crippen LogP contribution in [-0.4, -0.2) is 18.6 Å². The third kappa shape index (κ3) is 2.49. The number of hydrogen-bond donors (Lipinski definition) is 2. The molecule has 0 saturated heterocycles. The van der Waals surface area contributed by atoms with Crippen molar-refractivity contribution in [3.63, 3.8) is 0 Å². The van der Waals surface area contributed by atoms with E-state index in [0.29, 0.717) is 10.0 Å². The van der Waals surface area contributed by atoms with Gasteiger partial charge in [-0.15, -0.1) is 0 Å². The average Bonchev–Trinajstić information content (AvgIpc) is 2.93. The number of halogens is 2. The molecule has 0 fully saturated rings. The third-order valence-electron chi connectivity index (χ3n) is 4.43. The van der Waals surface area contributed by atoms with Crippen molar-refractivity contribution in [2.45, 2.75) is 12.5 Å². The van der Waals surface area contributed by atoms with Gasteiger partial charge in [-0.05, 0) is 47.9 Å². The first-order valence-electron chi connectivity index (χ1n) is 7.54. The van der Waals surface area contributed by atoms with E-state index < -0.39 is 0 Å². The molecule has 2 aromatic carbocycles. The molecule has 1 aliphatic heterocycles. The molecule has 4 rings (SSSR count). The molecular weight excluding hydrogens is 331 g/mol. The van der Waals surface area contributed by atoms with Gasteiger partial charge in [0.1, 0.15) is 5.75 Å². The van der Waals surface area contributed by atoms with Crippen molar-refractivity contribution in [2.24, 2.45) is 0 Å². The van der Waals surface area contributed by atoms with Crippen molar-refractivity contribution in [2.75, 3.05) is 13.7 Å². The summed E-state index contributed by atoms with van der Waals surface area (Å²) in [6, 6.07) is 11.8. The van der Waals surface area contributed by atoms with Crippen molar-refractivity contribution < 1.29 is 4.74 Å². The maximum atomic E-state index is 6.42. The zero-order valence-electron chi connectivity index (χ0n) is 12.6. The summed E-state index contributed by atoms with van der Waals surface area (Å²) in [6.45, 7) is 0.904. The van der Waals surface area contributed by atoms with E-state index in [1.54, 1.807) is 13.2 Å². The van der Waals surface area contributed by atoms with Crippen molar-refractivity contribution >= 4 is 34.1 Å². The van der Waals surface area contributed by atoms with Crippen LogP contribution in [0.2, 0.25) is 10.0 Å². The van der Waals surface area contributed by atoms with Gasteiger partial charge < -0.3 is 15.0 Å². The Morgan fingerprint density at radius 1 is 1.13 bits per heavy atom.